The molecule has 26 heavy (non-hydrogen) atoms. The molecule has 0 radical (unpaired) electrons. The highest BCUT2D eigenvalue weighted by Gasteiger charge is 2.22. The first-order valence-electron chi connectivity index (χ1n) is 9.02. The summed E-state index contributed by atoms with van der Waals surface area (Å²) in [4.78, 5) is 16.2. The predicted octanol–water partition coefficient (Wildman–Crippen LogP) is 5.77. The Morgan fingerprint density at radius 1 is 1.00 bits per heavy atom. The average Bonchev–Trinajstić information content (AvgIpc) is 3.04. The van der Waals surface area contributed by atoms with Crippen molar-refractivity contribution in [3.8, 4) is 0 Å². The van der Waals surface area contributed by atoms with E-state index in [2.05, 4.69) is 48.2 Å². The molecule has 0 aromatic heterocycles. The van der Waals surface area contributed by atoms with Crippen LogP contribution in [0.1, 0.15) is 29.3 Å². The summed E-state index contributed by atoms with van der Waals surface area (Å²) in [5.41, 5.74) is 4.19. The number of hydrogen-bond donors (Lipinski definition) is 0. The van der Waals surface area contributed by atoms with Crippen LogP contribution in [0.15, 0.2) is 88.3 Å². The summed E-state index contributed by atoms with van der Waals surface area (Å²) in [6, 6.07) is 16.4. The molecule has 0 unspecified atom stereocenters. The van der Waals surface area contributed by atoms with E-state index in [-0.39, 0.29) is 5.78 Å². The number of para-hydroxylation sites is 1. The Bertz CT molecular complexity index is 939. The molecular formula is C23H21NOS. The molecule has 0 fully saturated rings. The van der Waals surface area contributed by atoms with Gasteiger partial charge < -0.3 is 4.90 Å². The van der Waals surface area contributed by atoms with Gasteiger partial charge in [-0.05, 0) is 43.5 Å². The van der Waals surface area contributed by atoms with Crippen molar-refractivity contribution >= 4 is 23.2 Å². The molecule has 1 aliphatic heterocycles. The number of anilines is 1. The minimum atomic E-state index is 0.169. The van der Waals surface area contributed by atoms with Crippen LogP contribution in [0.2, 0.25) is 0 Å². The first kappa shape index (κ1) is 16.9. The minimum Gasteiger partial charge on any atom is -0.335 e. The van der Waals surface area contributed by atoms with Crippen molar-refractivity contribution < 1.29 is 4.79 Å². The zero-order valence-corrected chi connectivity index (χ0v) is 15.6. The number of hydrogen-bond acceptors (Lipinski definition) is 3. The van der Waals surface area contributed by atoms with E-state index in [4.69, 9.17) is 0 Å². The van der Waals surface area contributed by atoms with Gasteiger partial charge in [0.15, 0.2) is 5.78 Å². The molecule has 3 heteroatoms. The molecule has 0 N–H and O–H groups in total. The van der Waals surface area contributed by atoms with Gasteiger partial charge in [-0.25, -0.2) is 0 Å². The van der Waals surface area contributed by atoms with E-state index in [9.17, 15) is 4.79 Å². The maximum atomic E-state index is 12.6. The van der Waals surface area contributed by atoms with Crippen LogP contribution in [0.5, 0.6) is 0 Å². The first-order chi connectivity index (χ1) is 12.8. The average molecular weight is 359 g/mol. The largest absolute Gasteiger partial charge is 0.335 e. The monoisotopic (exact) mass is 359 g/mol. The first-order valence-corrected chi connectivity index (χ1v) is 9.84. The lowest BCUT2D eigenvalue weighted by molar-refractivity contribution is 0.102. The molecule has 1 heterocycles. The highest BCUT2D eigenvalue weighted by Crippen LogP contribution is 2.45. The minimum absolute atomic E-state index is 0.169. The molecule has 2 aromatic rings. The highest BCUT2D eigenvalue weighted by atomic mass is 32.2. The van der Waals surface area contributed by atoms with E-state index >= 15 is 0 Å². The summed E-state index contributed by atoms with van der Waals surface area (Å²) in [5, 5.41) is 1.23. The summed E-state index contributed by atoms with van der Waals surface area (Å²) < 4.78 is 0. The number of fused-ring (bicyclic) bond motifs is 2. The number of Topliss-reactive ketones (excluding diaryl/α,β-unsaturated/α-hetero) is 1. The van der Waals surface area contributed by atoms with Crippen molar-refractivity contribution in [3.05, 3.63) is 94.6 Å². The lowest BCUT2D eigenvalue weighted by Crippen LogP contribution is -2.16. The Morgan fingerprint density at radius 2 is 1.77 bits per heavy atom. The van der Waals surface area contributed by atoms with Gasteiger partial charge in [-0.2, -0.15) is 0 Å². The predicted molar refractivity (Wildman–Crippen MR) is 110 cm³/mol. The van der Waals surface area contributed by atoms with Crippen molar-refractivity contribution in [3.63, 3.8) is 0 Å². The zero-order chi connectivity index (χ0) is 17.9. The number of carbonyl (C=O) groups is 1. The Balaban J connectivity index is 1.51. The molecule has 0 spiro atoms. The van der Waals surface area contributed by atoms with Gasteiger partial charge in [0.2, 0.25) is 0 Å². The molecule has 0 saturated carbocycles. The van der Waals surface area contributed by atoms with Crippen LogP contribution < -0.4 is 4.90 Å². The smallest absolute Gasteiger partial charge is 0.189 e. The Hall–Kier alpha value is -2.52. The molecule has 1 aliphatic carbocycles. The number of carbonyl (C=O) groups excluding carboxylic acids is 1. The summed E-state index contributed by atoms with van der Waals surface area (Å²) in [6.07, 6.45) is 9.89. The molecule has 2 aromatic carbocycles. The van der Waals surface area contributed by atoms with Gasteiger partial charge in [0.25, 0.3) is 0 Å². The Morgan fingerprint density at radius 3 is 2.65 bits per heavy atom. The van der Waals surface area contributed by atoms with Gasteiger partial charge in [-0.3, -0.25) is 4.79 Å². The van der Waals surface area contributed by atoms with E-state index in [0.717, 1.165) is 30.5 Å². The molecule has 0 amide bonds. The fourth-order valence-corrected chi connectivity index (χ4v) is 4.63. The van der Waals surface area contributed by atoms with Crippen molar-refractivity contribution in [1.82, 2.24) is 0 Å². The van der Waals surface area contributed by atoms with Crippen LogP contribution >= 0.6 is 11.8 Å². The van der Waals surface area contributed by atoms with Crippen molar-refractivity contribution in [1.29, 1.82) is 0 Å². The van der Waals surface area contributed by atoms with Gasteiger partial charge in [0, 0.05) is 22.6 Å². The van der Waals surface area contributed by atoms with Crippen LogP contribution in [-0.2, 0) is 6.42 Å². The summed E-state index contributed by atoms with van der Waals surface area (Å²) in [6.45, 7) is 3.11. The van der Waals surface area contributed by atoms with Crippen LogP contribution in [0.25, 0.3) is 0 Å². The molecule has 2 aliphatic rings. The molecule has 4 rings (SSSR count). The second-order valence-corrected chi connectivity index (χ2v) is 7.44. The molecule has 0 saturated heterocycles. The second-order valence-electron chi connectivity index (χ2n) is 6.38. The number of rotatable bonds is 3. The van der Waals surface area contributed by atoms with Crippen LogP contribution in [0.3, 0.4) is 0 Å². The van der Waals surface area contributed by atoms with E-state index in [1.807, 2.05) is 36.4 Å². The third kappa shape index (κ3) is 3.15. The lowest BCUT2D eigenvalue weighted by Gasteiger charge is -2.17. The maximum absolute atomic E-state index is 12.6. The van der Waals surface area contributed by atoms with Crippen LogP contribution in [0.4, 0.5) is 5.69 Å². The fourth-order valence-electron chi connectivity index (χ4n) is 3.49. The molecule has 0 bridgehead atoms. The van der Waals surface area contributed by atoms with E-state index in [1.165, 1.54) is 21.2 Å². The molecular weight excluding hydrogens is 338 g/mol. The van der Waals surface area contributed by atoms with Crippen molar-refractivity contribution in [2.24, 2.45) is 0 Å². The van der Waals surface area contributed by atoms with Gasteiger partial charge in [0.1, 0.15) is 0 Å². The van der Waals surface area contributed by atoms with Crippen molar-refractivity contribution in [2.75, 3.05) is 11.4 Å². The fraction of sp³-hybridized carbons (Fsp3) is 0.174. The van der Waals surface area contributed by atoms with E-state index in [1.54, 1.807) is 11.8 Å². The molecule has 0 atom stereocenters. The van der Waals surface area contributed by atoms with Gasteiger partial charge in [-0.1, -0.05) is 66.4 Å². The number of allylic oxidation sites excluding steroid dienone is 5. The molecule has 2 nitrogen and oxygen atoms in total. The maximum Gasteiger partial charge on any atom is 0.189 e. The normalized spacial score (nSPS) is 19.4. The van der Waals surface area contributed by atoms with Crippen LogP contribution in [-0.4, -0.2) is 12.3 Å². The lowest BCUT2D eigenvalue weighted by atomic mass is 9.87. The summed E-state index contributed by atoms with van der Waals surface area (Å²) in [5.74, 6) is 0.169. The van der Waals surface area contributed by atoms with Gasteiger partial charge in [0.05, 0.1) is 10.7 Å². The topological polar surface area (TPSA) is 20.3 Å². The van der Waals surface area contributed by atoms with Crippen molar-refractivity contribution in [2.45, 2.75) is 24.7 Å². The number of aryl methyl sites for hydroxylation is 1. The van der Waals surface area contributed by atoms with Gasteiger partial charge in [-0.15, -0.1) is 0 Å². The van der Waals surface area contributed by atoms with Gasteiger partial charge >= 0.3 is 0 Å². The quantitative estimate of drug-likeness (QED) is 0.649. The number of ketones is 1. The van der Waals surface area contributed by atoms with Crippen LogP contribution in [0, 0.1) is 0 Å². The third-order valence-electron chi connectivity index (χ3n) is 4.82. The standard InChI is InChI=1S/C23H21NOS/c1-2-24-20-12-6-7-13-21(20)26-22(24)14-8-4-10-18-16-15-17-9-3-5-11-19(17)23(18)25/h3-14H,2,15-16H2,1H3/b8-4+,18-10+,22-14-. The number of thioether (sulfide) groups is 1. The Labute approximate surface area is 158 Å². The van der Waals surface area contributed by atoms with E-state index in [0.29, 0.717) is 0 Å². The number of nitrogens with zero attached hydrogens (tertiary/aromatic N) is 1. The molecule has 130 valence electrons. The number of benzene rings is 2. The zero-order valence-electron chi connectivity index (χ0n) is 14.8. The Kier molecular flexibility index (Phi) is 4.81. The summed E-state index contributed by atoms with van der Waals surface area (Å²) in [7, 11) is 0. The summed E-state index contributed by atoms with van der Waals surface area (Å²) >= 11 is 1.79. The highest BCUT2D eigenvalue weighted by molar-refractivity contribution is 8.03. The third-order valence-corrected chi connectivity index (χ3v) is 5.95. The SMILES string of the molecule is CCN1/C(=C/C=C/C=C2\CCc3ccccc3C2=O)Sc2ccccc21. The second kappa shape index (κ2) is 7.38. The van der Waals surface area contributed by atoms with E-state index < -0.39 is 0 Å².